The molecule has 1 N–H and O–H groups in total. The molecule has 20 heavy (non-hydrogen) atoms. The molecule has 0 aliphatic rings. The molecule has 3 heteroatoms. The van der Waals surface area contributed by atoms with Crippen molar-refractivity contribution in [1.82, 2.24) is 0 Å². The van der Waals surface area contributed by atoms with E-state index in [-0.39, 0.29) is 5.92 Å². The molecule has 0 aliphatic heterocycles. The van der Waals surface area contributed by atoms with Gasteiger partial charge in [0.2, 0.25) is 0 Å². The second-order valence-corrected chi connectivity index (χ2v) is 5.37. The predicted molar refractivity (Wildman–Crippen MR) is 84.4 cm³/mol. The van der Waals surface area contributed by atoms with Crippen molar-refractivity contribution in [2.75, 3.05) is 18.0 Å². The third-order valence-corrected chi connectivity index (χ3v) is 3.66. The molecule has 1 unspecified atom stereocenters. The molecule has 1 aromatic carbocycles. The van der Waals surface area contributed by atoms with E-state index in [0.717, 1.165) is 19.4 Å². The molecule has 1 rings (SSSR count). The van der Waals surface area contributed by atoms with Gasteiger partial charge >= 0.3 is 5.97 Å². The minimum absolute atomic E-state index is 0.346. The molecule has 0 aliphatic carbocycles. The first-order valence-corrected chi connectivity index (χ1v) is 7.65. The first kappa shape index (κ1) is 16.5. The Kier molecular flexibility index (Phi) is 7.13. The van der Waals surface area contributed by atoms with Crippen LogP contribution in [0.4, 0.5) is 5.69 Å². The summed E-state index contributed by atoms with van der Waals surface area (Å²) in [5, 5.41) is 9.15. The highest BCUT2D eigenvalue weighted by molar-refractivity contribution is 5.70. The molecule has 0 radical (unpaired) electrons. The SMILES string of the molecule is CCCCCN(CC(C)C(=O)O)c1ccccc1CC. The van der Waals surface area contributed by atoms with E-state index in [9.17, 15) is 4.79 Å². The van der Waals surface area contributed by atoms with Crippen molar-refractivity contribution in [2.24, 2.45) is 5.92 Å². The number of anilines is 1. The van der Waals surface area contributed by atoms with Crippen LogP contribution < -0.4 is 4.90 Å². The van der Waals surface area contributed by atoms with Gasteiger partial charge in [0.05, 0.1) is 5.92 Å². The van der Waals surface area contributed by atoms with Gasteiger partial charge in [-0.2, -0.15) is 0 Å². The first-order chi connectivity index (χ1) is 9.60. The van der Waals surface area contributed by atoms with E-state index in [2.05, 4.69) is 30.9 Å². The van der Waals surface area contributed by atoms with Crippen LogP contribution in [-0.2, 0) is 11.2 Å². The smallest absolute Gasteiger partial charge is 0.308 e. The van der Waals surface area contributed by atoms with Crippen molar-refractivity contribution in [3.8, 4) is 0 Å². The summed E-state index contributed by atoms with van der Waals surface area (Å²) in [6.07, 6.45) is 4.45. The van der Waals surface area contributed by atoms with Crippen LogP contribution in [0, 0.1) is 5.92 Å². The van der Waals surface area contributed by atoms with Gasteiger partial charge in [0.25, 0.3) is 0 Å². The van der Waals surface area contributed by atoms with Gasteiger partial charge in [0.1, 0.15) is 0 Å². The van der Waals surface area contributed by atoms with Gasteiger partial charge in [-0.15, -0.1) is 0 Å². The maximum atomic E-state index is 11.1. The maximum absolute atomic E-state index is 11.1. The Balaban J connectivity index is 2.87. The molecule has 0 bridgehead atoms. The number of rotatable bonds is 9. The van der Waals surface area contributed by atoms with Gasteiger partial charge in [-0.3, -0.25) is 4.79 Å². The summed E-state index contributed by atoms with van der Waals surface area (Å²) in [6.45, 7) is 7.62. The highest BCUT2D eigenvalue weighted by atomic mass is 16.4. The van der Waals surface area contributed by atoms with E-state index in [1.807, 2.05) is 12.1 Å². The van der Waals surface area contributed by atoms with E-state index in [1.165, 1.54) is 24.1 Å². The van der Waals surface area contributed by atoms with Crippen molar-refractivity contribution >= 4 is 11.7 Å². The largest absolute Gasteiger partial charge is 0.481 e. The van der Waals surface area contributed by atoms with E-state index >= 15 is 0 Å². The summed E-state index contributed by atoms with van der Waals surface area (Å²) in [5.74, 6) is -1.07. The Morgan fingerprint density at radius 1 is 1.25 bits per heavy atom. The number of aliphatic carboxylic acids is 1. The fraction of sp³-hybridized carbons (Fsp3) is 0.588. The number of carbonyl (C=O) groups is 1. The number of aryl methyl sites for hydroxylation is 1. The number of nitrogens with zero attached hydrogens (tertiary/aromatic N) is 1. The van der Waals surface area contributed by atoms with Crippen LogP contribution in [0.2, 0.25) is 0 Å². The summed E-state index contributed by atoms with van der Waals surface area (Å²) >= 11 is 0. The summed E-state index contributed by atoms with van der Waals surface area (Å²) < 4.78 is 0. The van der Waals surface area contributed by atoms with Gasteiger partial charge in [-0.25, -0.2) is 0 Å². The maximum Gasteiger partial charge on any atom is 0.308 e. The molecule has 0 saturated carbocycles. The summed E-state index contributed by atoms with van der Waals surface area (Å²) in [5.41, 5.74) is 2.49. The van der Waals surface area contributed by atoms with Crippen LogP contribution in [0.3, 0.4) is 0 Å². The minimum atomic E-state index is -0.723. The third-order valence-electron chi connectivity index (χ3n) is 3.66. The number of unbranched alkanes of at least 4 members (excludes halogenated alkanes) is 2. The van der Waals surface area contributed by atoms with Crippen molar-refractivity contribution in [3.05, 3.63) is 29.8 Å². The zero-order valence-corrected chi connectivity index (χ0v) is 12.9. The van der Waals surface area contributed by atoms with Crippen LogP contribution in [0.5, 0.6) is 0 Å². The molecule has 0 heterocycles. The highest BCUT2D eigenvalue weighted by Crippen LogP contribution is 2.22. The van der Waals surface area contributed by atoms with Crippen LogP contribution in [0.15, 0.2) is 24.3 Å². The van der Waals surface area contributed by atoms with Gasteiger partial charge in [-0.05, 0) is 24.5 Å². The average Bonchev–Trinajstić information content (AvgIpc) is 2.46. The fourth-order valence-corrected chi connectivity index (χ4v) is 2.39. The molecular formula is C17H27NO2. The van der Waals surface area contributed by atoms with Gasteiger partial charge < -0.3 is 10.0 Å². The molecule has 0 amide bonds. The topological polar surface area (TPSA) is 40.5 Å². The van der Waals surface area contributed by atoms with E-state index in [0.29, 0.717) is 6.54 Å². The molecular weight excluding hydrogens is 250 g/mol. The van der Waals surface area contributed by atoms with E-state index in [4.69, 9.17) is 5.11 Å². The lowest BCUT2D eigenvalue weighted by molar-refractivity contribution is -0.140. The van der Waals surface area contributed by atoms with Crippen molar-refractivity contribution in [1.29, 1.82) is 0 Å². The second kappa shape index (κ2) is 8.62. The number of carboxylic acid groups (broad SMARTS) is 1. The van der Waals surface area contributed by atoms with Crippen LogP contribution >= 0.6 is 0 Å². The second-order valence-electron chi connectivity index (χ2n) is 5.37. The Hall–Kier alpha value is -1.51. The Labute approximate surface area is 122 Å². The summed E-state index contributed by atoms with van der Waals surface area (Å²) in [7, 11) is 0. The van der Waals surface area contributed by atoms with Crippen LogP contribution in [0.25, 0.3) is 0 Å². The van der Waals surface area contributed by atoms with E-state index in [1.54, 1.807) is 6.92 Å². The lowest BCUT2D eigenvalue weighted by Crippen LogP contribution is -2.33. The lowest BCUT2D eigenvalue weighted by atomic mass is 10.1. The van der Waals surface area contributed by atoms with Crippen molar-refractivity contribution < 1.29 is 9.90 Å². The minimum Gasteiger partial charge on any atom is -0.481 e. The van der Waals surface area contributed by atoms with Crippen LogP contribution in [-0.4, -0.2) is 24.2 Å². The molecule has 0 saturated heterocycles. The highest BCUT2D eigenvalue weighted by Gasteiger charge is 2.17. The molecule has 0 fully saturated rings. The number of carboxylic acids is 1. The average molecular weight is 277 g/mol. The number of hydrogen-bond donors (Lipinski definition) is 1. The normalized spacial score (nSPS) is 12.2. The first-order valence-electron chi connectivity index (χ1n) is 7.65. The lowest BCUT2D eigenvalue weighted by Gasteiger charge is -2.28. The Bertz CT molecular complexity index is 417. The molecule has 1 atom stereocenters. The van der Waals surface area contributed by atoms with Crippen molar-refractivity contribution in [2.45, 2.75) is 46.5 Å². The zero-order chi connectivity index (χ0) is 15.0. The Morgan fingerprint density at radius 3 is 2.55 bits per heavy atom. The standard InChI is InChI=1S/C17H27NO2/c1-4-6-9-12-18(13-14(3)17(19)20)16-11-8-7-10-15(16)5-2/h7-8,10-11,14H,4-6,9,12-13H2,1-3H3,(H,19,20). The van der Waals surface area contributed by atoms with Gasteiger partial charge in [-0.1, -0.05) is 51.8 Å². The quantitative estimate of drug-likeness (QED) is 0.694. The molecule has 1 aromatic rings. The molecule has 3 nitrogen and oxygen atoms in total. The van der Waals surface area contributed by atoms with Crippen LogP contribution in [0.1, 0.15) is 45.6 Å². The predicted octanol–water partition coefficient (Wildman–Crippen LogP) is 3.97. The number of hydrogen-bond acceptors (Lipinski definition) is 2. The van der Waals surface area contributed by atoms with Crippen molar-refractivity contribution in [3.63, 3.8) is 0 Å². The number of para-hydroxylation sites is 1. The monoisotopic (exact) mass is 277 g/mol. The molecule has 0 aromatic heterocycles. The summed E-state index contributed by atoms with van der Waals surface area (Å²) in [6, 6.07) is 8.33. The fourth-order valence-electron chi connectivity index (χ4n) is 2.39. The third kappa shape index (κ3) is 4.87. The Morgan fingerprint density at radius 2 is 1.95 bits per heavy atom. The van der Waals surface area contributed by atoms with Gasteiger partial charge in [0, 0.05) is 18.8 Å². The zero-order valence-electron chi connectivity index (χ0n) is 12.9. The molecule has 0 spiro atoms. The van der Waals surface area contributed by atoms with E-state index < -0.39 is 5.97 Å². The molecule has 112 valence electrons. The van der Waals surface area contributed by atoms with Gasteiger partial charge in [0.15, 0.2) is 0 Å². The number of benzene rings is 1. The summed E-state index contributed by atoms with van der Waals surface area (Å²) in [4.78, 5) is 13.4.